The molecule has 5 nitrogen and oxygen atoms in total. The first kappa shape index (κ1) is 14.1. The number of piperidine rings is 1. The van der Waals surface area contributed by atoms with Crippen LogP contribution in [0.2, 0.25) is 0 Å². The van der Waals surface area contributed by atoms with Gasteiger partial charge in [-0.3, -0.25) is 0 Å². The summed E-state index contributed by atoms with van der Waals surface area (Å²) in [5.74, 6) is -0.375. The highest BCUT2D eigenvalue weighted by Crippen LogP contribution is 2.36. The third kappa shape index (κ3) is 3.01. The Morgan fingerprint density at radius 1 is 1.31 bits per heavy atom. The van der Waals surface area contributed by atoms with Gasteiger partial charge in [-0.2, -0.15) is 5.06 Å². The van der Waals surface area contributed by atoms with E-state index in [1.165, 1.54) is 5.06 Å². The lowest BCUT2D eigenvalue weighted by Crippen LogP contribution is -2.62. The van der Waals surface area contributed by atoms with Crippen LogP contribution in [0.3, 0.4) is 0 Å². The van der Waals surface area contributed by atoms with E-state index in [0.29, 0.717) is 12.8 Å². The third-order valence-electron chi connectivity index (χ3n) is 3.05. The van der Waals surface area contributed by atoms with Crippen LogP contribution in [0.15, 0.2) is 0 Å². The van der Waals surface area contributed by atoms with Crippen LogP contribution >= 0.6 is 0 Å². The molecule has 0 amide bonds. The van der Waals surface area contributed by atoms with Gasteiger partial charge < -0.3 is 10.3 Å². The molecule has 1 aliphatic heterocycles. The van der Waals surface area contributed by atoms with Gasteiger partial charge in [-0.15, -0.1) is 0 Å². The number of aliphatic hydroxyl groups excluding tert-OH is 1. The van der Waals surface area contributed by atoms with E-state index in [4.69, 9.17) is 5.11 Å². The molecule has 0 aromatic rings. The van der Waals surface area contributed by atoms with Crippen LogP contribution in [-0.2, 0) is 11.0 Å². The van der Waals surface area contributed by atoms with Gasteiger partial charge in [-0.25, -0.2) is 8.93 Å². The second kappa shape index (κ2) is 4.70. The molecule has 1 unspecified atom stereocenters. The van der Waals surface area contributed by atoms with Crippen LogP contribution in [0.25, 0.3) is 0 Å². The molecule has 0 radical (unpaired) electrons. The van der Waals surface area contributed by atoms with E-state index < -0.39 is 11.0 Å². The SMILES string of the molecule is CC1(C)CC(NS(=O)CO)CC(C)(C)N1O. The molecule has 1 fully saturated rings. The molecule has 1 aliphatic rings. The van der Waals surface area contributed by atoms with Crippen molar-refractivity contribution in [3.8, 4) is 0 Å². The summed E-state index contributed by atoms with van der Waals surface area (Å²) in [5, 5.41) is 20.2. The molecule has 0 aromatic heterocycles. The van der Waals surface area contributed by atoms with Crippen LogP contribution in [0.5, 0.6) is 0 Å². The number of hydroxylamine groups is 2. The van der Waals surface area contributed by atoms with Gasteiger partial charge in [0.05, 0.1) is 0 Å². The van der Waals surface area contributed by atoms with Crippen LogP contribution in [0.1, 0.15) is 40.5 Å². The minimum absolute atomic E-state index is 0.0429. The topological polar surface area (TPSA) is 72.8 Å². The fourth-order valence-corrected chi connectivity index (χ4v) is 3.19. The summed E-state index contributed by atoms with van der Waals surface area (Å²) in [6.07, 6.45) is 1.39. The molecule has 1 saturated heterocycles. The Labute approximate surface area is 99.4 Å². The van der Waals surface area contributed by atoms with E-state index in [2.05, 4.69) is 4.72 Å². The maximum Gasteiger partial charge on any atom is 0.132 e. The number of rotatable bonds is 3. The summed E-state index contributed by atoms with van der Waals surface area (Å²) in [6.45, 7) is 7.80. The van der Waals surface area contributed by atoms with Gasteiger partial charge in [0.1, 0.15) is 16.9 Å². The molecule has 0 bridgehead atoms. The van der Waals surface area contributed by atoms with Gasteiger partial charge in [0, 0.05) is 17.1 Å². The predicted molar refractivity (Wildman–Crippen MR) is 63.2 cm³/mol. The van der Waals surface area contributed by atoms with Gasteiger partial charge in [0.15, 0.2) is 0 Å². The van der Waals surface area contributed by atoms with Gasteiger partial charge in [0.2, 0.25) is 0 Å². The zero-order chi connectivity index (χ0) is 12.6. The van der Waals surface area contributed by atoms with Crippen molar-refractivity contribution in [2.75, 3.05) is 5.94 Å². The van der Waals surface area contributed by atoms with Crippen molar-refractivity contribution < 1.29 is 14.5 Å². The summed E-state index contributed by atoms with van der Waals surface area (Å²) in [4.78, 5) is 0. The van der Waals surface area contributed by atoms with Crippen molar-refractivity contribution in [2.45, 2.75) is 57.7 Å². The van der Waals surface area contributed by atoms with Crippen molar-refractivity contribution >= 4 is 11.0 Å². The molecule has 0 aliphatic carbocycles. The first-order valence-corrected chi connectivity index (χ1v) is 6.75. The molecule has 1 atom stereocenters. The van der Waals surface area contributed by atoms with E-state index in [-0.39, 0.29) is 23.1 Å². The third-order valence-corrected chi connectivity index (χ3v) is 3.88. The summed E-state index contributed by atoms with van der Waals surface area (Å²) in [5.41, 5.74) is -0.724. The van der Waals surface area contributed by atoms with Crippen LogP contribution < -0.4 is 4.72 Å². The molecule has 0 saturated carbocycles. The fraction of sp³-hybridized carbons (Fsp3) is 1.00. The average Bonchev–Trinajstić information content (AvgIpc) is 2.13. The normalized spacial score (nSPS) is 27.9. The molecule has 0 aromatic carbocycles. The van der Waals surface area contributed by atoms with Gasteiger partial charge in [0.25, 0.3) is 0 Å². The molecule has 6 heteroatoms. The molecule has 1 heterocycles. The standard InChI is InChI=1S/C10H22N2O3S/c1-9(2)5-8(11-16(15)7-13)6-10(3,4)12(9)14/h8,11,13-14H,5-7H2,1-4H3. The highest BCUT2D eigenvalue weighted by atomic mass is 32.2. The average molecular weight is 250 g/mol. The zero-order valence-electron chi connectivity index (χ0n) is 10.4. The van der Waals surface area contributed by atoms with Crippen molar-refractivity contribution in [1.29, 1.82) is 0 Å². The van der Waals surface area contributed by atoms with Crippen molar-refractivity contribution in [2.24, 2.45) is 0 Å². The van der Waals surface area contributed by atoms with Crippen LogP contribution in [-0.4, -0.2) is 42.6 Å². The molecule has 0 spiro atoms. The van der Waals surface area contributed by atoms with Crippen molar-refractivity contribution in [3.63, 3.8) is 0 Å². The second-order valence-electron chi connectivity index (χ2n) is 5.63. The number of hydrogen-bond donors (Lipinski definition) is 3. The maximum absolute atomic E-state index is 11.3. The molecule has 3 N–H and O–H groups in total. The zero-order valence-corrected chi connectivity index (χ0v) is 11.2. The van der Waals surface area contributed by atoms with Gasteiger partial charge >= 0.3 is 0 Å². The fourth-order valence-electron chi connectivity index (χ4n) is 2.58. The first-order chi connectivity index (χ1) is 7.19. The quantitative estimate of drug-likeness (QED) is 0.686. The lowest BCUT2D eigenvalue weighted by atomic mass is 9.79. The molecule has 1 rings (SSSR count). The van der Waals surface area contributed by atoms with Crippen LogP contribution in [0, 0.1) is 0 Å². The predicted octanol–water partition coefficient (Wildman–Crippen LogP) is 0.600. The van der Waals surface area contributed by atoms with Crippen molar-refractivity contribution in [1.82, 2.24) is 9.79 Å². The number of aliphatic hydroxyl groups is 1. The van der Waals surface area contributed by atoms with Crippen LogP contribution in [0.4, 0.5) is 0 Å². The minimum Gasteiger partial charge on any atom is -0.382 e. The number of nitrogens with one attached hydrogen (secondary N) is 1. The summed E-state index contributed by atoms with van der Waals surface area (Å²) in [6, 6.07) is 0.0429. The molecular formula is C10H22N2O3S. The summed E-state index contributed by atoms with van der Waals surface area (Å²) < 4.78 is 14.1. The Bertz CT molecular complexity index is 263. The first-order valence-electron chi connectivity index (χ1n) is 5.44. The summed E-state index contributed by atoms with van der Waals surface area (Å²) >= 11 is 0. The largest absolute Gasteiger partial charge is 0.382 e. The number of hydrogen-bond acceptors (Lipinski definition) is 4. The summed E-state index contributed by atoms with van der Waals surface area (Å²) in [7, 11) is -1.40. The van der Waals surface area contributed by atoms with Gasteiger partial charge in [-0.1, -0.05) is 0 Å². The number of nitrogens with zero attached hydrogens (tertiary/aromatic N) is 1. The van der Waals surface area contributed by atoms with E-state index in [1.54, 1.807) is 0 Å². The second-order valence-corrected chi connectivity index (χ2v) is 6.82. The Balaban J connectivity index is 2.75. The molecule has 16 heavy (non-hydrogen) atoms. The Hall–Kier alpha value is -0.0100. The Kier molecular flexibility index (Phi) is 4.13. The van der Waals surface area contributed by atoms with E-state index in [1.807, 2.05) is 27.7 Å². The van der Waals surface area contributed by atoms with Gasteiger partial charge in [-0.05, 0) is 40.5 Å². The maximum atomic E-state index is 11.3. The Morgan fingerprint density at radius 2 is 1.75 bits per heavy atom. The monoisotopic (exact) mass is 250 g/mol. The lowest BCUT2D eigenvalue weighted by Gasteiger charge is -2.51. The van der Waals surface area contributed by atoms with E-state index in [9.17, 15) is 9.42 Å². The molecular weight excluding hydrogens is 228 g/mol. The molecule has 96 valence electrons. The highest BCUT2D eigenvalue weighted by molar-refractivity contribution is 7.82. The van der Waals surface area contributed by atoms with E-state index in [0.717, 1.165) is 0 Å². The lowest BCUT2D eigenvalue weighted by molar-refractivity contribution is -0.245. The smallest absolute Gasteiger partial charge is 0.132 e. The Morgan fingerprint density at radius 3 is 2.12 bits per heavy atom. The highest BCUT2D eigenvalue weighted by Gasteiger charge is 2.45. The van der Waals surface area contributed by atoms with E-state index >= 15 is 0 Å². The minimum atomic E-state index is -1.40. The van der Waals surface area contributed by atoms with Crippen molar-refractivity contribution in [3.05, 3.63) is 0 Å².